The number of nitrogens with one attached hydrogen (secondary N) is 1. The monoisotopic (exact) mass is 303 g/mol. The van der Waals surface area contributed by atoms with E-state index in [1.165, 1.54) is 36.4 Å². The van der Waals surface area contributed by atoms with E-state index in [-0.39, 0.29) is 0 Å². The standard InChI is InChI=1S/C17H25N3S/c1-3-9-20-10-8-19-17(20)12-14(18-2)16-11-13-6-4-5-7-15(13)21-16/h8,10-11,14,18H,3-7,9,12H2,1-2H3. The highest BCUT2D eigenvalue weighted by Gasteiger charge is 2.19. The number of rotatable bonds is 6. The van der Waals surface area contributed by atoms with Crippen molar-refractivity contribution in [1.29, 1.82) is 0 Å². The van der Waals surface area contributed by atoms with E-state index >= 15 is 0 Å². The van der Waals surface area contributed by atoms with Gasteiger partial charge in [0.05, 0.1) is 0 Å². The van der Waals surface area contributed by atoms with Gasteiger partial charge >= 0.3 is 0 Å². The second-order valence-electron chi connectivity index (χ2n) is 5.89. The van der Waals surface area contributed by atoms with Gasteiger partial charge in [-0.25, -0.2) is 4.98 Å². The van der Waals surface area contributed by atoms with Gasteiger partial charge in [0.1, 0.15) is 5.82 Å². The van der Waals surface area contributed by atoms with Crippen molar-refractivity contribution in [3.63, 3.8) is 0 Å². The first kappa shape index (κ1) is 14.8. The third kappa shape index (κ3) is 3.22. The average Bonchev–Trinajstić information content (AvgIpc) is 3.11. The van der Waals surface area contributed by atoms with Gasteiger partial charge in [-0.15, -0.1) is 11.3 Å². The maximum atomic E-state index is 4.56. The van der Waals surface area contributed by atoms with Gasteiger partial charge in [-0.3, -0.25) is 0 Å². The van der Waals surface area contributed by atoms with Crippen LogP contribution in [0.25, 0.3) is 0 Å². The van der Waals surface area contributed by atoms with Crippen molar-refractivity contribution in [3.8, 4) is 0 Å². The summed E-state index contributed by atoms with van der Waals surface area (Å²) in [5.74, 6) is 1.20. The molecule has 0 radical (unpaired) electrons. The first-order chi connectivity index (χ1) is 10.3. The minimum absolute atomic E-state index is 0.388. The Balaban J connectivity index is 1.78. The number of thiophene rings is 1. The lowest BCUT2D eigenvalue weighted by atomic mass is 9.98. The highest BCUT2D eigenvalue weighted by atomic mass is 32.1. The van der Waals surface area contributed by atoms with Gasteiger partial charge in [0.2, 0.25) is 0 Å². The van der Waals surface area contributed by atoms with Crippen molar-refractivity contribution in [2.75, 3.05) is 7.05 Å². The summed E-state index contributed by atoms with van der Waals surface area (Å²) in [7, 11) is 2.07. The molecule has 1 unspecified atom stereocenters. The molecule has 21 heavy (non-hydrogen) atoms. The summed E-state index contributed by atoms with van der Waals surface area (Å²) in [4.78, 5) is 7.66. The third-order valence-corrected chi connectivity index (χ3v) is 5.71. The van der Waals surface area contributed by atoms with Crippen molar-refractivity contribution in [3.05, 3.63) is 39.6 Å². The molecule has 1 aliphatic rings. The minimum atomic E-state index is 0.388. The summed E-state index contributed by atoms with van der Waals surface area (Å²) < 4.78 is 2.29. The molecule has 3 nitrogen and oxygen atoms in total. The van der Waals surface area contributed by atoms with Crippen LogP contribution < -0.4 is 5.32 Å². The van der Waals surface area contributed by atoms with Crippen LogP contribution >= 0.6 is 11.3 Å². The van der Waals surface area contributed by atoms with Crippen LogP contribution in [0.5, 0.6) is 0 Å². The Morgan fingerprint density at radius 3 is 3.00 bits per heavy atom. The van der Waals surface area contributed by atoms with Crippen LogP contribution in [0.3, 0.4) is 0 Å². The predicted molar refractivity (Wildman–Crippen MR) is 89.0 cm³/mol. The molecule has 0 fully saturated rings. The van der Waals surface area contributed by atoms with Crippen LogP contribution in [0.4, 0.5) is 0 Å². The van der Waals surface area contributed by atoms with E-state index in [4.69, 9.17) is 0 Å². The maximum absolute atomic E-state index is 4.56. The Kier molecular flexibility index (Phi) is 4.76. The maximum Gasteiger partial charge on any atom is 0.110 e. The van der Waals surface area contributed by atoms with Gasteiger partial charge in [0.15, 0.2) is 0 Å². The fraction of sp³-hybridized carbons (Fsp3) is 0.588. The van der Waals surface area contributed by atoms with Crippen molar-refractivity contribution in [2.45, 2.75) is 58.0 Å². The van der Waals surface area contributed by atoms with Gasteiger partial charge in [-0.05, 0) is 50.8 Å². The van der Waals surface area contributed by atoms with Gasteiger partial charge in [0, 0.05) is 41.2 Å². The second-order valence-corrected chi connectivity index (χ2v) is 7.05. The summed E-state index contributed by atoms with van der Waals surface area (Å²) in [5, 5.41) is 3.49. The van der Waals surface area contributed by atoms with Gasteiger partial charge in [-0.1, -0.05) is 6.92 Å². The summed E-state index contributed by atoms with van der Waals surface area (Å²) in [6.45, 7) is 3.28. The fourth-order valence-electron chi connectivity index (χ4n) is 3.19. The van der Waals surface area contributed by atoms with E-state index in [0.717, 1.165) is 19.4 Å². The molecule has 2 aromatic rings. The molecule has 1 atom stereocenters. The number of hydrogen-bond acceptors (Lipinski definition) is 3. The molecule has 2 aromatic heterocycles. The molecule has 0 bridgehead atoms. The molecular weight excluding hydrogens is 278 g/mol. The zero-order valence-electron chi connectivity index (χ0n) is 13.1. The Morgan fingerprint density at radius 2 is 2.24 bits per heavy atom. The van der Waals surface area contributed by atoms with Crippen molar-refractivity contribution >= 4 is 11.3 Å². The van der Waals surface area contributed by atoms with Crippen LogP contribution in [0.2, 0.25) is 0 Å². The van der Waals surface area contributed by atoms with Crippen molar-refractivity contribution < 1.29 is 0 Å². The Morgan fingerprint density at radius 1 is 1.38 bits per heavy atom. The number of aromatic nitrogens is 2. The van der Waals surface area contributed by atoms with Crippen LogP contribution in [0.15, 0.2) is 18.5 Å². The fourth-order valence-corrected chi connectivity index (χ4v) is 4.56. The molecule has 0 amide bonds. The number of nitrogens with zero attached hydrogens (tertiary/aromatic N) is 2. The number of fused-ring (bicyclic) bond motifs is 1. The molecule has 2 heterocycles. The van der Waals surface area contributed by atoms with Crippen LogP contribution in [-0.2, 0) is 25.8 Å². The molecule has 0 aliphatic heterocycles. The lowest BCUT2D eigenvalue weighted by Gasteiger charge is -2.15. The number of imidazole rings is 1. The topological polar surface area (TPSA) is 29.9 Å². The average molecular weight is 303 g/mol. The zero-order chi connectivity index (χ0) is 14.7. The van der Waals surface area contributed by atoms with Gasteiger partial charge in [-0.2, -0.15) is 0 Å². The van der Waals surface area contributed by atoms with Gasteiger partial charge < -0.3 is 9.88 Å². The molecule has 3 rings (SSSR count). The molecular formula is C17H25N3S. The molecule has 4 heteroatoms. The highest BCUT2D eigenvalue weighted by Crippen LogP contribution is 2.33. The van der Waals surface area contributed by atoms with E-state index in [1.54, 1.807) is 10.4 Å². The summed E-state index contributed by atoms with van der Waals surface area (Å²) in [5.41, 5.74) is 1.60. The van der Waals surface area contributed by atoms with Crippen molar-refractivity contribution in [2.24, 2.45) is 0 Å². The van der Waals surface area contributed by atoms with E-state index in [0.29, 0.717) is 6.04 Å². The highest BCUT2D eigenvalue weighted by molar-refractivity contribution is 7.12. The van der Waals surface area contributed by atoms with Crippen LogP contribution in [0.1, 0.15) is 53.4 Å². The number of aryl methyl sites for hydroxylation is 3. The van der Waals surface area contributed by atoms with Crippen LogP contribution in [0, 0.1) is 0 Å². The predicted octanol–water partition coefficient (Wildman–Crippen LogP) is 3.74. The Labute approximate surface area is 131 Å². The summed E-state index contributed by atoms with van der Waals surface area (Å²) in [6, 6.07) is 2.83. The Hall–Kier alpha value is -1.13. The molecule has 1 aliphatic carbocycles. The first-order valence-electron chi connectivity index (χ1n) is 8.10. The minimum Gasteiger partial charge on any atom is -0.335 e. The molecule has 0 spiro atoms. The summed E-state index contributed by atoms with van der Waals surface area (Å²) in [6.07, 6.45) is 11.4. The molecule has 0 saturated carbocycles. The van der Waals surface area contributed by atoms with E-state index in [9.17, 15) is 0 Å². The van der Waals surface area contributed by atoms with Crippen LogP contribution in [-0.4, -0.2) is 16.6 Å². The zero-order valence-corrected chi connectivity index (χ0v) is 13.9. The number of likely N-dealkylation sites (N-methyl/N-ethyl adjacent to an activating group) is 1. The summed E-state index contributed by atoms with van der Waals surface area (Å²) >= 11 is 2.01. The van der Waals surface area contributed by atoms with Crippen molar-refractivity contribution in [1.82, 2.24) is 14.9 Å². The largest absolute Gasteiger partial charge is 0.335 e. The lowest BCUT2D eigenvalue weighted by molar-refractivity contribution is 0.549. The van der Waals surface area contributed by atoms with E-state index in [1.807, 2.05) is 17.5 Å². The molecule has 0 saturated heterocycles. The van der Waals surface area contributed by atoms with Gasteiger partial charge in [0.25, 0.3) is 0 Å². The van der Waals surface area contributed by atoms with E-state index in [2.05, 4.69) is 41.1 Å². The lowest BCUT2D eigenvalue weighted by Crippen LogP contribution is -2.20. The first-order valence-corrected chi connectivity index (χ1v) is 8.92. The molecule has 114 valence electrons. The SMILES string of the molecule is CCCn1ccnc1CC(NC)c1cc2c(s1)CCCC2. The Bertz CT molecular complexity index is 561. The second kappa shape index (κ2) is 6.75. The quantitative estimate of drug-likeness (QED) is 0.881. The number of hydrogen-bond donors (Lipinski definition) is 1. The van der Waals surface area contributed by atoms with E-state index < -0.39 is 0 Å². The normalized spacial score (nSPS) is 15.9. The third-order valence-electron chi connectivity index (χ3n) is 4.36. The molecule has 1 N–H and O–H groups in total. The molecule has 0 aromatic carbocycles. The smallest absolute Gasteiger partial charge is 0.110 e.